The van der Waals surface area contributed by atoms with Gasteiger partial charge in [-0.1, -0.05) is 41.9 Å². The third-order valence-electron chi connectivity index (χ3n) is 4.70. The maximum absolute atomic E-state index is 14.4. The van der Waals surface area contributed by atoms with Crippen molar-refractivity contribution < 1.29 is 27.4 Å². The number of anilines is 1. The lowest BCUT2D eigenvalue weighted by atomic mass is 9.97. The van der Waals surface area contributed by atoms with Crippen LogP contribution in [0.25, 0.3) is 11.1 Å². The number of fused-ring (bicyclic) bond motifs is 6. The molecule has 0 saturated carbocycles. The normalized spacial score (nSPS) is 15.3. The summed E-state index contributed by atoms with van der Waals surface area (Å²) >= 11 is 5.92. The summed E-state index contributed by atoms with van der Waals surface area (Å²) in [4.78, 5) is 11.8. The number of carbonyl (C=O) groups is 1. The zero-order chi connectivity index (χ0) is 21.5. The molecule has 9 heteroatoms. The second-order valence-electron chi connectivity index (χ2n) is 6.65. The number of hydrogen-bond acceptors (Lipinski definition) is 5. The second kappa shape index (κ2) is 7.62. The molecule has 0 radical (unpaired) electrons. The fraction of sp³-hybridized carbons (Fsp3) is 0.0952. The molecule has 0 amide bonds. The number of aromatic hydroxyl groups is 1. The van der Waals surface area contributed by atoms with E-state index in [0.717, 1.165) is 29.3 Å². The highest BCUT2D eigenvalue weighted by atomic mass is 35.5. The molecular weight excluding hydrogens is 433 g/mol. The van der Waals surface area contributed by atoms with E-state index in [-0.39, 0.29) is 22.9 Å². The van der Waals surface area contributed by atoms with Crippen molar-refractivity contribution in [3.8, 4) is 16.9 Å². The molecule has 0 unspecified atom stereocenters. The first-order valence-corrected chi connectivity index (χ1v) is 10.7. The minimum Gasteiger partial charge on any atom is -0.505 e. The van der Waals surface area contributed by atoms with Gasteiger partial charge in [0.1, 0.15) is 10.7 Å². The number of sulfonamides is 1. The molecule has 0 aromatic heterocycles. The minimum atomic E-state index is -4.48. The molecule has 4 bridgehead atoms. The van der Waals surface area contributed by atoms with E-state index in [2.05, 4.69) is 4.72 Å². The third-order valence-corrected chi connectivity index (χ3v) is 6.36. The molecule has 0 spiro atoms. The van der Waals surface area contributed by atoms with Crippen LogP contribution in [0.15, 0.2) is 59.5 Å². The first-order chi connectivity index (χ1) is 14.3. The Morgan fingerprint density at radius 2 is 1.83 bits per heavy atom. The Kier molecular flexibility index (Phi) is 5.13. The van der Waals surface area contributed by atoms with Crippen molar-refractivity contribution in [2.75, 3.05) is 11.3 Å². The number of hydrogen-bond donors (Lipinski definition) is 2. The van der Waals surface area contributed by atoms with Crippen LogP contribution in [-0.4, -0.2) is 26.1 Å². The van der Waals surface area contributed by atoms with Crippen LogP contribution < -0.4 is 4.72 Å². The van der Waals surface area contributed by atoms with Crippen LogP contribution in [0.1, 0.15) is 15.9 Å². The molecule has 4 rings (SSSR count). The van der Waals surface area contributed by atoms with Crippen molar-refractivity contribution in [3.63, 3.8) is 0 Å². The fourth-order valence-electron chi connectivity index (χ4n) is 3.22. The molecule has 3 aromatic carbocycles. The van der Waals surface area contributed by atoms with Crippen molar-refractivity contribution in [2.45, 2.75) is 11.3 Å². The molecule has 2 N–H and O–H groups in total. The number of cyclic esters (lactones) is 1. The van der Waals surface area contributed by atoms with E-state index in [4.69, 9.17) is 16.3 Å². The van der Waals surface area contributed by atoms with E-state index in [0.29, 0.717) is 12.0 Å². The molecule has 1 aliphatic heterocycles. The van der Waals surface area contributed by atoms with E-state index >= 15 is 0 Å². The molecule has 0 fully saturated rings. The van der Waals surface area contributed by atoms with Crippen LogP contribution in [0.5, 0.6) is 5.75 Å². The Hall–Kier alpha value is -3.10. The van der Waals surface area contributed by atoms with E-state index in [1.54, 1.807) is 6.07 Å². The highest BCUT2D eigenvalue weighted by Gasteiger charge is 2.26. The number of benzene rings is 3. The van der Waals surface area contributed by atoms with Gasteiger partial charge in [-0.3, -0.25) is 4.72 Å². The topological polar surface area (TPSA) is 92.7 Å². The van der Waals surface area contributed by atoms with Crippen LogP contribution >= 0.6 is 11.6 Å². The summed E-state index contributed by atoms with van der Waals surface area (Å²) in [5.74, 6) is -2.35. The average molecular weight is 448 g/mol. The van der Waals surface area contributed by atoms with Gasteiger partial charge < -0.3 is 9.84 Å². The number of ether oxygens (including phenoxy) is 1. The zero-order valence-electron chi connectivity index (χ0n) is 15.4. The third kappa shape index (κ3) is 3.71. The van der Waals surface area contributed by atoms with Gasteiger partial charge in [-0.2, -0.15) is 0 Å². The van der Waals surface area contributed by atoms with Crippen molar-refractivity contribution >= 4 is 33.3 Å². The van der Waals surface area contributed by atoms with Crippen LogP contribution in [0.2, 0.25) is 5.02 Å². The number of phenolic OH excluding ortho intramolecular Hbond substituents is 1. The van der Waals surface area contributed by atoms with E-state index in [1.165, 1.54) is 12.1 Å². The van der Waals surface area contributed by atoms with Gasteiger partial charge in [0.2, 0.25) is 0 Å². The maximum Gasteiger partial charge on any atom is 0.338 e. The van der Waals surface area contributed by atoms with E-state index < -0.39 is 32.5 Å². The largest absolute Gasteiger partial charge is 0.505 e. The molecule has 0 atom stereocenters. The quantitative estimate of drug-likeness (QED) is 0.499. The van der Waals surface area contributed by atoms with E-state index in [9.17, 15) is 22.7 Å². The van der Waals surface area contributed by atoms with Gasteiger partial charge in [0, 0.05) is 6.42 Å². The Bertz CT molecular complexity index is 1280. The summed E-state index contributed by atoms with van der Waals surface area (Å²) in [6, 6.07) is 13.4. The van der Waals surface area contributed by atoms with Gasteiger partial charge in [0.05, 0.1) is 22.9 Å². The summed E-state index contributed by atoms with van der Waals surface area (Å²) in [6.07, 6.45) is 0.388. The molecule has 6 nitrogen and oxygen atoms in total. The van der Waals surface area contributed by atoms with Crippen molar-refractivity contribution in [3.05, 3.63) is 76.6 Å². The van der Waals surface area contributed by atoms with Gasteiger partial charge in [-0.15, -0.1) is 0 Å². The molecule has 1 heterocycles. The average Bonchev–Trinajstić information content (AvgIpc) is 2.71. The Morgan fingerprint density at radius 3 is 2.63 bits per heavy atom. The standard InChI is InChI=1S/C21H15ClFNO5S/c22-16-9-14-11-19(20(16)25)30(27,28)24-18-10-13(5-6-17(18)23)15-4-2-1-3-12(15)7-8-29-21(14)26/h1-6,9-11,24-25H,7-8H2. The Morgan fingerprint density at radius 1 is 1.07 bits per heavy atom. The Balaban J connectivity index is 1.94. The van der Waals surface area contributed by atoms with Crippen LogP contribution in [0.4, 0.5) is 10.1 Å². The lowest BCUT2D eigenvalue weighted by Crippen LogP contribution is -2.16. The molecule has 3 aromatic rings. The predicted octanol–water partition coefficient (Wildman–Crippen LogP) is 4.37. The first-order valence-electron chi connectivity index (χ1n) is 8.86. The fourth-order valence-corrected chi connectivity index (χ4v) is 4.70. The van der Waals surface area contributed by atoms with Crippen LogP contribution in [-0.2, 0) is 21.2 Å². The number of nitrogens with one attached hydrogen (secondary N) is 1. The molecule has 30 heavy (non-hydrogen) atoms. The lowest BCUT2D eigenvalue weighted by molar-refractivity contribution is 0.0509. The van der Waals surface area contributed by atoms with Gasteiger partial charge >= 0.3 is 5.97 Å². The smallest absolute Gasteiger partial charge is 0.338 e. The number of esters is 1. The van der Waals surface area contributed by atoms with Gasteiger partial charge in [0.25, 0.3) is 10.0 Å². The Labute approximate surface area is 176 Å². The highest BCUT2D eigenvalue weighted by Crippen LogP contribution is 2.35. The van der Waals surface area contributed by atoms with E-state index in [1.807, 2.05) is 18.2 Å². The van der Waals surface area contributed by atoms with Gasteiger partial charge in [0.15, 0.2) is 5.75 Å². The minimum absolute atomic E-state index is 0.0305. The van der Waals surface area contributed by atoms with Crippen molar-refractivity contribution in [1.82, 2.24) is 0 Å². The number of carbonyl (C=O) groups excluding carboxylic acids is 1. The van der Waals surface area contributed by atoms with Crippen molar-refractivity contribution in [2.24, 2.45) is 0 Å². The molecule has 0 saturated heterocycles. The summed E-state index contributed by atoms with van der Waals surface area (Å²) in [6.45, 7) is 0.0305. The van der Waals surface area contributed by atoms with Gasteiger partial charge in [-0.05, 0) is 41.0 Å². The SMILES string of the molecule is O=C1OCCc2ccccc2-c2ccc(F)c(c2)NS(=O)(=O)c2cc1cc(Cl)c2O. The summed E-state index contributed by atoms with van der Waals surface area (Å²) in [5, 5.41) is 9.81. The first kappa shape index (κ1) is 20.2. The molecule has 1 aliphatic rings. The second-order valence-corrected chi connectivity index (χ2v) is 8.71. The van der Waals surface area contributed by atoms with Gasteiger partial charge in [-0.25, -0.2) is 17.6 Å². The zero-order valence-corrected chi connectivity index (χ0v) is 16.9. The number of rotatable bonds is 0. The molecule has 154 valence electrons. The number of halogens is 2. The molecule has 0 aliphatic carbocycles. The van der Waals surface area contributed by atoms with Crippen LogP contribution in [0, 0.1) is 5.82 Å². The predicted molar refractivity (Wildman–Crippen MR) is 110 cm³/mol. The maximum atomic E-state index is 14.4. The van der Waals surface area contributed by atoms with Crippen LogP contribution in [0.3, 0.4) is 0 Å². The monoisotopic (exact) mass is 447 g/mol. The summed E-state index contributed by atoms with van der Waals surface area (Å²) in [5.41, 5.74) is 1.70. The number of phenols is 1. The summed E-state index contributed by atoms with van der Waals surface area (Å²) < 4.78 is 47.6. The molecular formula is C21H15ClFNO5S. The lowest BCUT2D eigenvalue weighted by Gasteiger charge is -2.16. The summed E-state index contributed by atoms with van der Waals surface area (Å²) in [7, 11) is -4.48. The highest BCUT2D eigenvalue weighted by molar-refractivity contribution is 7.92. The van der Waals surface area contributed by atoms with Crippen molar-refractivity contribution in [1.29, 1.82) is 0 Å².